The molecule has 0 amide bonds. The van der Waals surface area contributed by atoms with Gasteiger partial charge in [0.2, 0.25) is 0 Å². The van der Waals surface area contributed by atoms with Crippen LogP contribution in [-0.4, -0.2) is 17.4 Å². The summed E-state index contributed by atoms with van der Waals surface area (Å²) in [5.74, 6) is 2.12. The summed E-state index contributed by atoms with van der Waals surface area (Å²) >= 11 is 0. The number of hydrogen-bond acceptors (Lipinski definition) is 3. The maximum atomic E-state index is 12.1. The van der Waals surface area contributed by atoms with E-state index in [2.05, 4.69) is 26.8 Å². The number of carbonyl (C=O) groups is 2. The molecule has 3 nitrogen and oxygen atoms in total. The fourth-order valence-electron chi connectivity index (χ4n) is 7.68. The quantitative estimate of drug-likeness (QED) is 0.475. The molecule has 4 aliphatic carbocycles. The van der Waals surface area contributed by atoms with Crippen LogP contribution in [0, 0.1) is 28.6 Å². The van der Waals surface area contributed by atoms with Crippen molar-refractivity contribution in [3.63, 3.8) is 0 Å². The molecule has 146 valence electrons. The van der Waals surface area contributed by atoms with Gasteiger partial charge in [-0.25, -0.2) is 0 Å². The van der Waals surface area contributed by atoms with Crippen LogP contribution in [0.3, 0.4) is 0 Å². The lowest BCUT2D eigenvalue weighted by Crippen LogP contribution is -2.52. The van der Waals surface area contributed by atoms with Crippen LogP contribution in [0.15, 0.2) is 23.3 Å². The van der Waals surface area contributed by atoms with Crippen molar-refractivity contribution in [2.24, 2.45) is 28.6 Å². The van der Waals surface area contributed by atoms with Crippen molar-refractivity contribution in [1.29, 1.82) is 0 Å². The molecule has 5 rings (SSSR count). The Kier molecular flexibility index (Phi) is 3.66. The Balaban J connectivity index is 1.60. The summed E-state index contributed by atoms with van der Waals surface area (Å²) in [7, 11) is 0. The first-order valence-electron chi connectivity index (χ1n) is 11.0. The molecule has 0 bridgehead atoms. The molecule has 6 atom stereocenters. The molecule has 0 N–H and O–H groups in total. The van der Waals surface area contributed by atoms with Crippen LogP contribution >= 0.6 is 0 Å². The molecule has 1 aliphatic heterocycles. The zero-order valence-electron chi connectivity index (χ0n) is 17.0. The van der Waals surface area contributed by atoms with Crippen molar-refractivity contribution in [1.82, 2.24) is 0 Å². The van der Waals surface area contributed by atoms with Gasteiger partial charge in [0.05, 0.1) is 0 Å². The predicted molar refractivity (Wildman–Crippen MR) is 104 cm³/mol. The van der Waals surface area contributed by atoms with Gasteiger partial charge in [-0.05, 0) is 62.4 Å². The van der Waals surface area contributed by atoms with Crippen molar-refractivity contribution < 1.29 is 14.3 Å². The van der Waals surface area contributed by atoms with Crippen LogP contribution in [0.25, 0.3) is 0 Å². The third kappa shape index (κ3) is 2.15. The van der Waals surface area contributed by atoms with Gasteiger partial charge in [-0.1, -0.05) is 44.4 Å². The van der Waals surface area contributed by atoms with Gasteiger partial charge in [0.25, 0.3) is 0 Å². The van der Waals surface area contributed by atoms with Gasteiger partial charge in [-0.3, -0.25) is 9.59 Å². The number of ether oxygens (including phenoxy) is 1. The Morgan fingerprint density at radius 1 is 1.15 bits per heavy atom. The molecular weight excluding hydrogens is 336 g/mol. The largest absolute Gasteiger partial charge is 0.458 e. The third-order valence-corrected chi connectivity index (χ3v) is 9.37. The van der Waals surface area contributed by atoms with Gasteiger partial charge >= 0.3 is 5.97 Å². The van der Waals surface area contributed by atoms with E-state index in [0.717, 1.165) is 38.5 Å². The van der Waals surface area contributed by atoms with Crippen LogP contribution in [0.5, 0.6) is 0 Å². The minimum absolute atomic E-state index is 0.00492. The van der Waals surface area contributed by atoms with Crippen molar-refractivity contribution in [3.8, 4) is 0 Å². The molecule has 3 heteroatoms. The second-order valence-corrected chi connectivity index (χ2v) is 10.3. The van der Waals surface area contributed by atoms with Crippen LogP contribution in [0.1, 0.15) is 78.6 Å². The maximum absolute atomic E-state index is 12.1. The molecule has 0 radical (unpaired) electrons. The number of fused-ring (bicyclic) bond motifs is 6. The molecule has 3 unspecified atom stereocenters. The number of ketones is 1. The highest BCUT2D eigenvalue weighted by atomic mass is 16.6. The fourth-order valence-corrected chi connectivity index (χ4v) is 7.68. The monoisotopic (exact) mass is 368 g/mol. The minimum Gasteiger partial charge on any atom is -0.458 e. The zero-order chi connectivity index (χ0) is 19.0. The van der Waals surface area contributed by atoms with Crippen molar-refractivity contribution in [2.75, 3.05) is 0 Å². The average molecular weight is 369 g/mol. The van der Waals surface area contributed by atoms with Gasteiger partial charge in [0.15, 0.2) is 5.78 Å². The van der Waals surface area contributed by atoms with Crippen molar-refractivity contribution in [2.45, 2.75) is 84.2 Å². The molecule has 1 heterocycles. The number of carbonyl (C=O) groups excluding carboxylic acids is 2. The molecule has 0 aromatic carbocycles. The topological polar surface area (TPSA) is 43.4 Å². The number of allylic oxidation sites excluding steroid dienone is 4. The summed E-state index contributed by atoms with van der Waals surface area (Å²) in [5, 5.41) is 0. The van der Waals surface area contributed by atoms with E-state index in [0.29, 0.717) is 36.4 Å². The smallest absolute Gasteiger partial charge is 0.306 e. The third-order valence-electron chi connectivity index (χ3n) is 9.37. The number of hydrogen-bond donors (Lipinski definition) is 0. The lowest BCUT2D eigenvalue weighted by molar-refractivity contribution is -0.160. The van der Waals surface area contributed by atoms with E-state index < -0.39 is 0 Å². The molecule has 0 aromatic heterocycles. The van der Waals surface area contributed by atoms with Gasteiger partial charge in [-0.15, -0.1) is 0 Å². The maximum Gasteiger partial charge on any atom is 0.306 e. The van der Waals surface area contributed by atoms with E-state index >= 15 is 0 Å². The predicted octanol–water partition coefficient (Wildman–Crippen LogP) is 5.15. The highest BCUT2D eigenvalue weighted by molar-refractivity contribution is 5.92. The fraction of sp³-hybridized carbons (Fsp3) is 0.750. The first kappa shape index (κ1) is 17.7. The Labute approximate surface area is 162 Å². The van der Waals surface area contributed by atoms with Crippen LogP contribution in [0.4, 0.5) is 0 Å². The average Bonchev–Trinajstić information content (AvgIpc) is 3.16. The van der Waals surface area contributed by atoms with E-state index in [-0.39, 0.29) is 22.4 Å². The first-order valence-corrected chi connectivity index (χ1v) is 11.0. The van der Waals surface area contributed by atoms with Crippen molar-refractivity contribution in [3.05, 3.63) is 23.3 Å². The molecular formula is C24H32O3. The molecule has 2 saturated carbocycles. The van der Waals surface area contributed by atoms with E-state index in [1.54, 1.807) is 5.57 Å². The number of rotatable bonds is 1. The van der Waals surface area contributed by atoms with Gasteiger partial charge in [-0.2, -0.15) is 0 Å². The number of esters is 1. The second kappa shape index (κ2) is 5.58. The van der Waals surface area contributed by atoms with Crippen molar-refractivity contribution >= 4 is 11.8 Å². The highest BCUT2D eigenvalue weighted by Crippen LogP contribution is 2.69. The van der Waals surface area contributed by atoms with Crippen LogP contribution in [0.2, 0.25) is 0 Å². The Bertz CT molecular complexity index is 776. The second-order valence-electron chi connectivity index (χ2n) is 10.3. The summed E-state index contributed by atoms with van der Waals surface area (Å²) in [5.41, 5.74) is 2.92. The SMILES string of the molecule is CC[C@@H]1CC2=CC(=O)CC[C@]2(C)C2=CC[C@@]3(C)C(CCC34CCC(=O)O4)C21. The summed E-state index contributed by atoms with van der Waals surface area (Å²) < 4.78 is 6.05. The Morgan fingerprint density at radius 2 is 1.96 bits per heavy atom. The van der Waals surface area contributed by atoms with Gasteiger partial charge < -0.3 is 4.74 Å². The molecule has 1 saturated heterocycles. The summed E-state index contributed by atoms with van der Waals surface area (Å²) in [6.45, 7) is 7.10. The normalized spacial score (nSPS) is 48.5. The van der Waals surface area contributed by atoms with Crippen LogP contribution in [-0.2, 0) is 14.3 Å². The Hall–Kier alpha value is -1.38. The van der Waals surface area contributed by atoms with Gasteiger partial charge in [0, 0.05) is 23.7 Å². The van der Waals surface area contributed by atoms with E-state index in [9.17, 15) is 9.59 Å². The highest BCUT2D eigenvalue weighted by Gasteiger charge is 2.66. The molecule has 5 aliphatic rings. The lowest BCUT2D eigenvalue weighted by atomic mass is 9.48. The van der Waals surface area contributed by atoms with Crippen LogP contribution < -0.4 is 0 Å². The zero-order valence-corrected chi connectivity index (χ0v) is 17.0. The molecule has 0 aromatic rings. The standard InChI is InChI=1S/C24H32O3/c1-4-15-13-16-14-17(25)5-9-22(16,2)18-6-10-23(3)19(21(15)18)7-11-24(23)12-8-20(26)27-24/h6,14-15,19,21H,4-5,7-13H2,1-3H3/t15-,19?,21?,22+,23+,24?/m1/s1. The summed E-state index contributed by atoms with van der Waals surface area (Å²) in [6.07, 6.45) is 13.1. The van der Waals surface area contributed by atoms with E-state index in [1.165, 1.54) is 12.0 Å². The Morgan fingerprint density at radius 3 is 2.67 bits per heavy atom. The van der Waals surface area contributed by atoms with E-state index in [4.69, 9.17) is 4.74 Å². The minimum atomic E-state index is -0.228. The molecule has 3 fully saturated rings. The van der Waals surface area contributed by atoms with Gasteiger partial charge in [0.1, 0.15) is 5.60 Å². The molecule has 1 spiro atoms. The lowest BCUT2D eigenvalue weighted by Gasteiger charge is -2.57. The molecule has 27 heavy (non-hydrogen) atoms. The summed E-state index contributed by atoms with van der Waals surface area (Å²) in [4.78, 5) is 24.1. The first-order chi connectivity index (χ1) is 12.8. The van der Waals surface area contributed by atoms with E-state index in [1.807, 2.05) is 6.08 Å². The summed E-state index contributed by atoms with van der Waals surface area (Å²) in [6, 6.07) is 0.